The third-order valence-electron chi connectivity index (χ3n) is 3.16. The lowest BCUT2D eigenvalue weighted by atomic mass is 10.3. The molecule has 0 saturated carbocycles. The number of rotatable bonds is 6. The van der Waals surface area contributed by atoms with Gasteiger partial charge in [0.25, 0.3) is 0 Å². The van der Waals surface area contributed by atoms with Gasteiger partial charge in [-0.1, -0.05) is 30.3 Å². The maximum Gasteiger partial charge on any atom is 0.230 e. The molecule has 21 heavy (non-hydrogen) atoms. The van der Waals surface area contributed by atoms with Crippen molar-refractivity contribution in [2.75, 3.05) is 25.7 Å². The van der Waals surface area contributed by atoms with E-state index in [2.05, 4.69) is 0 Å². The molecule has 0 fully saturated rings. The zero-order valence-electron chi connectivity index (χ0n) is 12.3. The van der Waals surface area contributed by atoms with E-state index < -0.39 is 0 Å². The molecule has 2 aromatic carbocycles. The third-order valence-corrected chi connectivity index (χ3v) is 3.16. The van der Waals surface area contributed by atoms with Crippen molar-refractivity contribution in [3.63, 3.8) is 0 Å². The number of carbonyl (C=O) groups is 1. The lowest BCUT2D eigenvalue weighted by molar-refractivity contribution is -0.118. The lowest BCUT2D eigenvalue weighted by Crippen LogP contribution is -2.27. The van der Waals surface area contributed by atoms with Crippen molar-refractivity contribution in [3.05, 3.63) is 54.6 Å². The predicted octanol–water partition coefficient (Wildman–Crippen LogP) is 3.13. The molecule has 0 N–H and O–H groups in total. The first-order chi connectivity index (χ1) is 10.2. The van der Waals surface area contributed by atoms with Crippen molar-refractivity contribution in [3.8, 4) is 11.5 Å². The molecule has 4 heteroatoms. The Labute approximate surface area is 124 Å². The molecular weight excluding hydrogens is 266 g/mol. The van der Waals surface area contributed by atoms with E-state index in [1.807, 2.05) is 54.6 Å². The van der Waals surface area contributed by atoms with Crippen LogP contribution in [0.3, 0.4) is 0 Å². The second kappa shape index (κ2) is 7.33. The summed E-state index contributed by atoms with van der Waals surface area (Å²) < 4.78 is 10.8. The average molecular weight is 285 g/mol. The van der Waals surface area contributed by atoms with Crippen molar-refractivity contribution in [1.82, 2.24) is 0 Å². The van der Waals surface area contributed by atoms with Crippen LogP contribution in [0.15, 0.2) is 54.6 Å². The highest BCUT2D eigenvalue weighted by atomic mass is 16.5. The van der Waals surface area contributed by atoms with E-state index in [1.165, 1.54) is 0 Å². The van der Waals surface area contributed by atoms with Crippen LogP contribution in [0.4, 0.5) is 5.69 Å². The second-order valence-electron chi connectivity index (χ2n) is 4.54. The SMILES string of the molecule is COc1ccccc1OCCC(=O)N(C)c1ccccc1. The normalized spacial score (nSPS) is 10.0. The van der Waals surface area contributed by atoms with Crippen LogP contribution in [0, 0.1) is 0 Å². The van der Waals surface area contributed by atoms with Crippen molar-refractivity contribution in [2.24, 2.45) is 0 Å². The summed E-state index contributed by atoms with van der Waals surface area (Å²) in [5.74, 6) is 1.33. The molecule has 0 aliphatic carbocycles. The van der Waals surface area contributed by atoms with Gasteiger partial charge in [-0.25, -0.2) is 0 Å². The summed E-state index contributed by atoms with van der Waals surface area (Å²) in [6.45, 7) is 0.316. The van der Waals surface area contributed by atoms with Crippen molar-refractivity contribution in [2.45, 2.75) is 6.42 Å². The van der Waals surface area contributed by atoms with E-state index in [0.717, 1.165) is 5.69 Å². The van der Waals surface area contributed by atoms with Crippen molar-refractivity contribution >= 4 is 11.6 Å². The van der Waals surface area contributed by atoms with Crippen LogP contribution in [-0.2, 0) is 4.79 Å². The summed E-state index contributed by atoms with van der Waals surface area (Å²) in [7, 11) is 3.36. The number of carbonyl (C=O) groups excluding carboxylic acids is 1. The number of hydrogen-bond acceptors (Lipinski definition) is 3. The molecule has 0 radical (unpaired) electrons. The smallest absolute Gasteiger partial charge is 0.230 e. The Morgan fingerprint density at radius 2 is 1.62 bits per heavy atom. The summed E-state index contributed by atoms with van der Waals surface area (Å²) in [4.78, 5) is 13.7. The molecule has 2 rings (SSSR count). The minimum atomic E-state index is 0.0103. The molecular formula is C17H19NO3. The number of ether oxygens (including phenoxy) is 2. The first kappa shape index (κ1) is 14.9. The van der Waals surface area contributed by atoms with Gasteiger partial charge in [-0.2, -0.15) is 0 Å². The van der Waals surface area contributed by atoms with Crippen molar-refractivity contribution < 1.29 is 14.3 Å². The van der Waals surface area contributed by atoms with Crippen LogP contribution < -0.4 is 14.4 Å². The van der Waals surface area contributed by atoms with Gasteiger partial charge in [-0.15, -0.1) is 0 Å². The van der Waals surface area contributed by atoms with Crippen LogP contribution in [0.2, 0.25) is 0 Å². The fraction of sp³-hybridized carbons (Fsp3) is 0.235. The van der Waals surface area contributed by atoms with Crippen molar-refractivity contribution in [1.29, 1.82) is 0 Å². The molecule has 0 bridgehead atoms. The quantitative estimate of drug-likeness (QED) is 0.818. The number of anilines is 1. The van der Waals surface area contributed by atoms with Crippen LogP contribution in [0.1, 0.15) is 6.42 Å². The molecule has 0 aliphatic rings. The summed E-state index contributed by atoms with van der Waals surface area (Å²) in [6.07, 6.45) is 0.309. The Hall–Kier alpha value is -2.49. The molecule has 0 spiro atoms. The Kier molecular flexibility index (Phi) is 5.21. The minimum Gasteiger partial charge on any atom is -0.493 e. The number of para-hydroxylation sites is 3. The number of nitrogens with zero attached hydrogens (tertiary/aromatic N) is 1. The van der Waals surface area contributed by atoms with E-state index in [9.17, 15) is 4.79 Å². The van der Waals surface area contributed by atoms with Gasteiger partial charge in [-0.05, 0) is 24.3 Å². The molecule has 0 saturated heterocycles. The maximum absolute atomic E-state index is 12.1. The van der Waals surface area contributed by atoms with E-state index in [4.69, 9.17) is 9.47 Å². The summed E-state index contributed by atoms with van der Waals surface area (Å²) in [6, 6.07) is 16.9. The first-order valence-electron chi connectivity index (χ1n) is 6.80. The zero-order valence-corrected chi connectivity index (χ0v) is 12.3. The molecule has 0 unspecified atom stereocenters. The lowest BCUT2D eigenvalue weighted by Gasteiger charge is -2.17. The average Bonchev–Trinajstić information content (AvgIpc) is 2.55. The van der Waals surface area contributed by atoms with Gasteiger partial charge in [0.15, 0.2) is 11.5 Å². The third kappa shape index (κ3) is 3.99. The standard InChI is InChI=1S/C17H19NO3/c1-18(14-8-4-3-5-9-14)17(19)12-13-21-16-11-7-6-10-15(16)20-2/h3-11H,12-13H2,1-2H3. The molecule has 2 aromatic rings. The Bertz CT molecular complexity index is 584. The summed E-state index contributed by atoms with van der Waals surface area (Å²) >= 11 is 0. The fourth-order valence-electron chi connectivity index (χ4n) is 1.95. The maximum atomic E-state index is 12.1. The van der Waals surface area contributed by atoms with Gasteiger partial charge in [-0.3, -0.25) is 4.79 Å². The molecule has 0 aromatic heterocycles. The van der Waals surface area contributed by atoms with Crippen LogP contribution in [-0.4, -0.2) is 26.7 Å². The Morgan fingerprint density at radius 1 is 1.00 bits per heavy atom. The van der Waals surface area contributed by atoms with Gasteiger partial charge < -0.3 is 14.4 Å². The van der Waals surface area contributed by atoms with Gasteiger partial charge in [0.2, 0.25) is 5.91 Å². The Morgan fingerprint density at radius 3 is 2.29 bits per heavy atom. The van der Waals surface area contributed by atoms with Gasteiger partial charge in [0.05, 0.1) is 20.1 Å². The summed E-state index contributed by atoms with van der Waals surface area (Å²) in [5.41, 5.74) is 0.875. The fourth-order valence-corrected chi connectivity index (χ4v) is 1.95. The van der Waals surface area contributed by atoms with E-state index >= 15 is 0 Å². The van der Waals surface area contributed by atoms with Crippen LogP contribution >= 0.6 is 0 Å². The predicted molar refractivity (Wildman–Crippen MR) is 83.0 cm³/mol. The van der Waals surface area contributed by atoms with E-state index in [1.54, 1.807) is 19.1 Å². The monoisotopic (exact) mass is 285 g/mol. The highest BCUT2D eigenvalue weighted by Gasteiger charge is 2.11. The highest BCUT2D eigenvalue weighted by molar-refractivity contribution is 5.92. The van der Waals surface area contributed by atoms with Gasteiger partial charge in [0.1, 0.15) is 0 Å². The molecule has 1 amide bonds. The molecule has 0 heterocycles. The van der Waals surface area contributed by atoms with Crippen LogP contribution in [0.25, 0.3) is 0 Å². The molecule has 110 valence electrons. The zero-order chi connectivity index (χ0) is 15.1. The van der Waals surface area contributed by atoms with Gasteiger partial charge in [0, 0.05) is 12.7 Å². The molecule has 4 nitrogen and oxygen atoms in total. The first-order valence-corrected chi connectivity index (χ1v) is 6.80. The number of amides is 1. The number of methoxy groups -OCH3 is 1. The summed E-state index contributed by atoms with van der Waals surface area (Å²) in [5, 5.41) is 0. The highest BCUT2D eigenvalue weighted by Crippen LogP contribution is 2.25. The molecule has 0 atom stereocenters. The van der Waals surface area contributed by atoms with E-state index in [0.29, 0.717) is 24.5 Å². The Balaban J connectivity index is 1.87. The minimum absolute atomic E-state index is 0.0103. The molecule has 0 aliphatic heterocycles. The number of benzene rings is 2. The number of hydrogen-bond donors (Lipinski definition) is 0. The van der Waals surface area contributed by atoms with Gasteiger partial charge >= 0.3 is 0 Å². The topological polar surface area (TPSA) is 38.8 Å². The largest absolute Gasteiger partial charge is 0.493 e. The van der Waals surface area contributed by atoms with Crippen LogP contribution in [0.5, 0.6) is 11.5 Å². The van der Waals surface area contributed by atoms with E-state index in [-0.39, 0.29) is 5.91 Å². The second-order valence-corrected chi connectivity index (χ2v) is 4.54.